The van der Waals surface area contributed by atoms with Gasteiger partial charge in [-0.1, -0.05) is 29.8 Å². The first-order valence-corrected chi connectivity index (χ1v) is 5.80. The van der Waals surface area contributed by atoms with Crippen LogP contribution in [-0.2, 0) is 4.74 Å². The largest absolute Gasteiger partial charge is 0.383 e. The van der Waals surface area contributed by atoms with E-state index in [9.17, 15) is 0 Å². The lowest BCUT2D eigenvalue weighted by molar-refractivity contribution is 0.0958. The highest BCUT2D eigenvalue weighted by Crippen LogP contribution is 2.19. The molecule has 0 radical (unpaired) electrons. The smallest absolute Gasteiger partial charge is 0.0615 e. The van der Waals surface area contributed by atoms with Crippen LogP contribution >= 0.6 is 15.9 Å². The standard InChI is InChI=1S/C10H22BrNO/c1-9(6-13-5)12(4)8-10(2,3)7-11/h9H,6-8H2,1-5H3. The second-order valence-electron chi connectivity index (χ2n) is 4.52. The zero-order chi connectivity index (χ0) is 10.5. The summed E-state index contributed by atoms with van der Waals surface area (Å²) in [6.45, 7) is 8.60. The molecular formula is C10H22BrNO. The third-order valence-electron chi connectivity index (χ3n) is 2.20. The van der Waals surface area contributed by atoms with Crippen molar-refractivity contribution in [1.29, 1.82) is 0 Å². The van der Waals surface area contributed by atoms with Crippen LogP contribution < -0.4 is 0 Å². The van der Waals surface area contributed by atoms with Gasteiger partial charge in [0.25, 0.3) is 0 Å². The van der Waals surface area contributed by atoms with Crippen molar-refractivity contribution in [2.45, 2.75) is 26.8 Å². The molecule has 0 amide bonds. The first-order chi connectivity index (χ1) is 5.93. The van der Waals surface area contributed by atoms with Gasteiger partial charge < -0.3 is 9.64 Å². The number of alkyl halides is 1. The van der Waals surface area contributed by atoms with E-state index in [1.807, 2.05) is 0 Å². The van der Waals surface area contributed by atoms with E-state index in [-0.39, 0.29) is 0 Å². The van der Waals surface area contributed by atoms with Crippen molar-refractivity contribution >= 4 is 15.9 Å². The Kier molecular flexibility index (Phi) is 6.18. The summed E-state index contributed by atoms with van der Waals surface area (Å²) in [6.07, 6.45) is 0. The average molecular weight is 252 g/mol. The van der Waals surface area contributed by atoms with Crippen LogP contribution in [-0.4, -0.2) is 43.6 Å². The van der Waals surface area contributed by atoms with Crippen LogP contribution in [0.15, 0.2) is 0 Å². The number of nitrogens with zero attached hydrogens (tertiary/aromatic N) is 1. The molecule has 0 spiro atoms. The Hall–Kier alpha value is 0.400. The summed E-state index contributed by atoms with van der Waals surface area (Å²) in [7, 11) is 3.90. The fourth-order valence-corrected chi connectivity index (χ4v) is 1.42. The SMILES string of the molecule is COCC(C)N(C)CC(C)(C)CBr. The van der Waals surface area contributed by atoms with E-state index in [4.69, 9.17) is 4.74 Å². The second-order valence-corrected chi connectivity index (χ2v) is 5.08. The summed E-state index contributed by atoms with van der Waals surface area (Å²) < 4.78 is 5.12. The van der Waals surface area contributed by atoms with Gasteiger partial charge >= 0.3 is 0 Å². The van der Waals surface area contributed by atoms with Crippen LogP contribution in [0.3, 0.4) is 0 Å². The molecule has 80 valence electrons. The maximum absolute atomic E-state index is 5.12. The lowest BCUT2D eigenvalue weighted by atomic mass is 9.95. The van der Waals surface area contributed by atoms with Gasteiger partial charge in [0.2, 0.25) is 0 Å². The molecule has 0 bridgehead atoms. The van der Waals surface area contributed by atoms with Crippen LogP contribution in [0.5, 0.6) is 0 Å². The second kappa shape index (κ2) is 5.99. The lowest BCUT2D eigenvalue weighted by Gasteiger charge is -2.32. The van der Waals surface area contributed by atoms with Gasteiger partial charge in [0.05, 0.1) is 6.61 Å². The van der Waals surface area contributed by atoms with Crippen LogP contribution in [0, 0.1) is 5.41 Å². The number of hydrogen-bond donors (Lipinski definition) is 0. The fourth-order valence-electron chi connectivity index (χ4n) is 1.24. The Morgan fingerprint density at radius 3 is 2.38 bits per heavy atom. The highest BCUT2D eigenvalue weighted by molar-refractivity contribution is 9.09. The topological polar surface area (TPSA) is 12.5 Å². The van der Waals surface area contributed by atoms with Crippen LogP contribution in [0.4, 0.5) is 0 Å². The van der Waals surface area contributed by atoms with Gasteiger partial charge in [0, 0.05) is 25.0 Å². The van der Waals surface area contributed by atoms with E-state index in [1.54, 1.807) is 7.11 Å². The van der Waals surface area contributed by atoms with Gasteiger partial charge in [-0.25, -0.2) is 0 Å². The number of hydrogen-bond acceptors (Lipinski definition) is 2. The zero-order valence-electron chi connectivity index (χ0n) is 9.43. The normalized spacial score (nSPS) is 15.0. The predicted molar refractivity (Wildman–Crippen MR) is 61.5 cm³/mol. The molecule has 0 aromatic carbocycles. The third kappa shape index (κ3) is 5.66. The molecule has 0 saturated carbocycles. The predicted octanol–water partition coefficient (Wildman–Crippen LogP) is 2.37. The maximum atomic E-state index is 5.12. The first kappa shape index (κ1) is 13.4. The van der Waals surface area contributed by atoms with Gasteiger partial charge in [-0.3, -0.25) is 0 Å². The number of ether oxygens (including phenoxy) is 1. The van der Waals surface area contributed by atoms with Gasteiger partial charge in [-0.15, -0.1) is 0 Å². The molecular weight excluding hydrogens is 230 g/mol. The number of likely N-dealkylation sites (N-methyl/N-ethyl adjacent to an activating group) is 1. The highest BCUT2D eigenvalue weighted by Gasteiger charge is 2.20. The summed E-state index contributed by atoms with van der Waals surface area (Å²) in [5.74, 6) is 0. The van der Waals surface area contributed by atoms with E-state index in [1.165, 1.54) is 0 Å². The Bertz CT molecular complexity index is 139. The Morgan fingerprint density at radius 2 is 2.00 bits per heavy atom. The van der Waals surface area contributed by atoms with Crippen LogP contribution in [0.25, 0.3) is 0 Å². The van der Waals surface area contributed by atoms with Gasteiger partial charge in [-0.05, 0) is 19.4 Å². The van der Waals surface area contributed by atoms with Crippen molar-refractivity contribution in [2.24, 2.45) is 5.41 Å². The Morgan fingerprint density at radius 1 is 1.46 bits per heavy atom. The Labute approximate surface area is 90.8 Å². The zero-order valence-corrected chi connectivity index (χ0v) is 11.0. The number of methoxy groups -OCH3 is 1. The average Bonchev–Trinajstić information content (AvgIpc) is 2.04. The molecule has 0 aromatic rings. The van der Waals surface area contributed by atoms with E-state index >= 15 is 0 Å². The van der Waals surface area contributed by atoms with Crippen molar-refractivity contribution in [3.8, 4) is 0 Å². The van der Waals surface area contributed by atoms with Crippen molar-refractivity contribution in [3.05, 3.63) is 0 Å². The maximum Gasteiger partial charge on any atom is 0.0615 e. The molecule has 0 aliphatic rings. The minimum Gasteiger partial charge on any atom is -0.383 e. The molecule has 0 aromatic heterocycles. The van der Waals surface area contributed by atoms with Crippen molar-refractivity contribution in [1.82, 2.24) is 4.90 Å². The van der Waals surface area contributed by atoms with Crippen molar-refractivity contribution in [3.63, 3.8) is 0 Å². The molecule has 0 heterocycles. The van der Waals surface area contributed by atoms with Gasteiger partial charge in [0.1, 0.15) is 0 Å². The monoisotopic (exact) mass is 251 g/mol. The highest BCUT2D eigenvalue weighted by atomic mass is 79.9. The van der Waals surface area contributed by atoms with E-state index in [0.29, 0.717) is 11.5 Å². The molecule has 0 saturated heterocycles. The van der Waals surface area contributed by atoms with E-state index in [2.05, 4.69) is 48.6 Å². The molecule has 0 fully saturated rings. The van der Waals surface area contributed by atoms with Crippen LogP contribution in [0.2, 0.25) is 0 Å². The first-order valence-electron chi connectivity index (χ1n) is 4.68. The molecule has 1 unspecified atom stereocenters. The molecule has 0 aliphatic heterocycles. The molecule has 3 heteroatoms. The summed E-state index contributed by atoms with van der Waals surface area (Å²) in [4.78, 5) is 2.34. The molecule has 1 atom stereocenters. The van der Waals surface area contributed by atoms with Crippen LogP contribution in [0.1, 0.15) is 20.8 Å². The third-order valence-corrected chi connectivity index (χ3v) is 3.72. The minimum atomic E-state index is 0.330. The van der Waals surface area contributed by atoms with Crippen molar-refractivity contribution in [2.75, 3.05) is 32.6 Å². The lowest BCUT2D eigenvalue weighted by Crippen LogP contribution is -2.40. The quantitative estimate of drug-likeness (QED) is 0.673. The van der Waals surface area contributed by atoms with Gasteiger partial charge in [0.15, 0.2) is 0 Å². The summed E-state index contributed by atoms with van der Waals surface area (Å²) in [5, 5.41) is 1.03. The molecule has 0 aliphatic carbocycles. The van der Waals surface area contributed by atoms with E-state index in [0.717, 1.165) is 18.5 Å². The molecule has 13 heavy (non-hydrogen) atoms. The fraction of sp³-hybridized carbons (Fsp3) is 1.00. The molecule has 0 rings (SSSR count). The molecule has 2 nitrogen and oxygen atoms in total. The number of halogens is 1. The minimum absolute atomic E-state index is 0.330. The summed E-state index contributed by atoms with van der Waals surface area (Å²) in [6, 6.07) is 0.489. The molecule has 0 N–H and O–H groups in total. The van der Waals surface area contributed by atoms with Crippen molar-refractivity contribution < 1.29 is 4.74 Å². The summed E-state index contributed by atoms with van der Waals surface area (Å²) >= 11 is 3.53. The van der Waals surface area contributed by atoms with E-state index < -0.39 is 0 Å². The Balaban J connectivity index is 3.91. The van der Waals surface area contributed by atoms with Gasteiger partial charge in [-0.2, -0.15) is 0 Å². The summed E-state index contributed by atoms with van der Waals surface area (Å²) in [5.41, 5.74) is 0.330. The number of rotatable bonds is 6.